The van der Waals surface area contributed by atoms with E-state index in [0.29, 0.717) is 24.8 Å². The summed E-state index contributed by atoms with van der Waals surface area (Å²) in [5.41, 5.74) is 1.67. The molecule has 1 heterocycles. The fourth-order valence-electron chi connectivity index (χ4n) is 2.24. The van der Waals surface area contributed by atoms with Crippen molar-refractivity contribution in [3.05, 3.63) is 52.7 Å². The van der Waals surface area contributed by atoms with Crippen molar-refractivity contribution in [2.75, 3.05) is 26.1 Å². The van der Waals surface area contributed by atoms with Gasteiger partial charge in [0, 0.05) is 12.0 Å². The first kappa shape index (κ1) is 19.8. The van der Waals surface area contributed by atoms with Gasteiger partial charge in [-0.15, -0.1) is 11.8 Å². The lowest BCUT2D eigenvalue weighted by molar-refractivity contribution is -0.140. The van der Waals surface area contributed by atoms with Gasteiger partial charge in [0.1, 0.15) is 12.7 Å². The van der Waals surface area contributed by atoms with Gasteiger partial charge < -0.3 is 14.8 Å². The zero-order chi connectivity index (χ0) is 18.8. The van der Waals surface area contributed by atoms with Gasteiger partial charge in [0.05, 0.1) is 29.4 Å². The van der Waals surface area contributed by atoms with Gasteiger partial charge in [-0.3, -0.25) is 4.98 Å². The summed E-state index contributed by atoms with van der Waals surface area (Å²) >= 11 is 1.28. The summed E-state index contributed by atoms with van der Waals surface area (Å²) in [5.74, 6) is -0.657. The molecule has 0 saturated heterocycles. The van der Waals surface area contributed by atoms with Crippen molar-refractivity contribution < 1.29 is 14.3 Å². The van der Waals surface area contributed by atoms with Crippen LogP contribution in [0, 0.1) is 11.3 Å². The molecule has 0 fully saturated rings. The van der Waals surface area contributed by atoms with Crippen molar-refractivity contribution in [2.24, 2.45) is 0 Å². The second kappa shape index (κ2) is 10.4. The Morgan fingerprint density at radius 1 is 1.27 bits per heavy atom. The van der Waals surface area contributed by atoms with Crippen molar-refractivity contribution in [1.29, 1.82) is 5.26 Å². The molecule has 0 atom stereocenters. The van der Waals surface area contributed by atoms with E-state index in [2.05, 4.69) is 10.3 Å². The number of esters is 1. The predicted molar refractivity (Wildman–Crippen MR) is 102 cm³/mol. The summed E-state index contributed by atoms with van der Waals surface area (Å²) in [6.07, 6.45) is 1.79. The van der Waals surface area contributed by atoms with E-state index in [4.69, 9.17) is 9.47 Å². The lowest BCUT2D eigenvalue weighted by Crippen LogP contribution is -2.19. The van der Waals surface area contributed by atoms with Crippen LogP contribution in [-0.2, 0) is 20.8 Å². The first-order valence-corrected chi connectivity index (χ1v) is 9.43. The molecule has 2 rings (SSSR count). The van der Waals surface area contributed by atoms with Crippen LogP contribution in [0.5, 0.6) is 0 Å². The van der Waals surface area contributed by atoms with Gasteiger partial charge in [0.15, 0.2) is 5.57 Å². The summed E-state index contributed by atoms with van der Waals surface area (Å²) in [4.78, 5) is 16.7. The highest BCUT2D eigenvalue weighted by atomic mass is 32.2. The predicted octanol–water partition coefficient (Wildman–Crippen LogP) is 3.00. The number of para-hydroxylation sites is 1. The van der Waals surface area contributed by atoms with Crippen LogP contribution in [-0.4, -0.2) is 37.0 Å². The van der Waals surface area contributed by atoms with Crippen LogP contribution in [0.25, 0.3) is 10.9 Å². The van der Waals surface area contributed by atoms with E-state index in [0.717, 1.165) is 16.6 Å². The van der Waals surface area contributed by atoms with Crippen molar-refractivity contribution in [2.45, 2.75) is 13.5 Å². The van der Waals surface area contributed by atoms with Gasteiger partial charge in [-0.1, -0.05) is 24.3 Å². The molecule has 1 aromatic heterocycles. The summed E-state index contributed by atoms with van der Waals surface area (Å²) in [6.45, 7) is 3.24. The first-order valence-electron chi connectivity index (χ1n) is 8.21. The molecule has 0 aliphatic rings. The molecular formula is C19H21N3O3S. The molecule has 7 heteroatoms. The standard InChI is InChI=1S/C19H21N3O3S/c1-3-24-10-11-25-19(23)16(12-20)18(26-2)21-13-15-9-8-14-6-4-5-7-17(14)22-15/h4-9,21H,3,10-11,13H2,1-2H3/b18-16+. The Kier molecular flexibility index (Phi) is 7.93. The molecule has 0 saturated carbocycles. The lowest BCUT2D eigenvalue weighted by atomic mass is 10.2. The Hall–Kier alpha value is -2.56. The van der Waals surface area contributed by atoms with E-state index >= 15 is 0 Å². The van der Waals surface area contributed by atoms with E-state index in [1.54, 1.807) is 6.26 Å². The second-order valence-corrected chi connectivity index (χ2v) is 6.02. The molecule has 0 amide bonds. The molecule has 0 bridgehead atoms. The molecule has 136 valence electrons. The van der Waals surface area contributed by atoms with Gasteiger partial charge in [-0.25, -0.2) is 4.79 Å². The number of pyridine rings is 1. The maximum atomic E-state index is 12.1. The zero-order valence-corrected chi connectivity index (χ0v) is 15.6. The molecule has 0 unspecified atom stereocenters. The summed E-state index contributed by atoms with van der Waals surface area (Å²) < 4.78 is 10.2. The molecule has 0 aliphatic carbocycles. The van der Waals surface area contributed by atoms with Gasteiger partial charge in [0.2, 0.25) is 0 Å². The molecule has 0 spiro atoms. The smallest absolute Gasteiger partial charge is 0.351 e. The van der Waals surface area contributed by atoms with Gasteiger partial charge in [-0.2, -0.15) is 5.26 Å². The minimum absolute atomic E-state index is 0.0465. The van der Waals surface area contributed by atoms with E-state index in [9.17, 15) is 10.1 Å². The van der Waals surface area contributed by atoms with Crippen LogP contribution in [0.4, 0.5) is 0 Å². The molecule has 6 nitrogen and oxygen atoms in total. The number of carbonyl (C=O) groups is 1. The van der Waals surface area contributed by atoms with E-state index in [1.165, 1.54) is 11.8 Å². The molecule has 1 aromatic carbocycles. The number of ether oxygens (including phenoxy) is 2. The molecule has 0 radical (unpaired) electrons. The highest BCUT2D eigenvalue weighted by Crippen LogP contribution is 2.17. The Labute approximate surface area is 157 Å². The molecule has 0 aliphatic heterocycles. The average molecular weight is 371 g/mol. The number of hydrogen-bond acceptors (Lipinski definition) is 7. The third kappa shape index (κ3) is 5.48. The molecule has 2 aromatic rings. The van der Waals surface area contributed by atoms with Gasteiger partial charge >= 0.3 is 5.97 Å². The average Bonchev–Trinajstić information content (AvgIpc) is 2.68. The fraction of sp³-hybridized carbons (Fsp3) is 0.316. The summed E-state index contributed by atoms with van der Waals surface area (Å²) in [7, 11) is 0. The maximum absolute atomic E-state index is 12.1. The van der Waals surface area contributed by atoms with E-state index in [1.807, 2.05) is 49.4 Å². The minimum atomic E-state index is -0.657. The Morgan fingerprint density at radius 3 is 2.81 bits per heavy atom. The van der Waals surface area contributed by atoms with Gasteiger partial charge in [-0.05, 0) is 25.3 Å². The number of carbonyl (C=O) groups excluding carboxylic acids is 1. The summed E-state index contributed by atoms with van der Waals surface area (Å²) in [5, 5.41) is 14.0. The largest absolute Gasteiger partial charge is 0.459 e. The number of hydrogen-bond donors (Lipinski definition) is 1. The number of thioether (sulfide) groups is 1. The fourth-order valence-corrected chi connectivity index (χ4v) is 2.79. The van der Waals surface area contributed by atoms with Crippen molar-refractivity contribution >= 4 is 28.6 Å². The van der Waals surface area contributed by atoms with Crippen molar-refractivity contribution in [3.8, 4) is 6.07 Å². The van der Waals surface area contributed by atoms with Crippen LogP contribution in [0.2, 0.25) is 0 Å². The third-order valence-corrected chi connectivity index (χ3v) is 4.25. The molecule has 26 heavy (non-hydrogen) atoms. The molecular weight excluding hydrogens is 350 g/mol. The van der Waals surface area contributed by atoms with Crippen LogP contribution < -0.4 is 5.32 Å². The Balaban J connectivity index is 2.05. The number of benzene rings is 1. The Bertz CT molecular complexity index is 830. The van der Waals surface area contributed by atoms with E-state index < -0.39 is 5.97 Å². The SMILES string of the molecule is CCOCCOC(=O)/C(C#N)=C(\NCc1ccc2ccccc2n1)SC. The minimum Gasteiger partial charge on any atom is -0.459 e. The van der Waals surface area contributed by atoms with Crippen molar-refractivity contribution in [3.63, 3.8) is 0 Å². The highest BCUT2D eigenvalue weighted by Gasteiger charge is 2.17. The number of nitrogens with one attached hydrogen (secondary N) is 1. The normalized spacial score (nSPS) is 11.6. The van der Waals surface area contributed by atoms with Crippen molar-refractivity contribution in [1.82, 2.24) is 10.3 Å². The quantitative estimate of drug-likeness (QED) is 0.314. The lowest BCUT2D eigenvalue weighted by Gasteiger charge is -2.11. The first-order chi connectivity index (χ1) is 12.7. The number of nitrogens with zero attached hydrogens (tertiary/aromatic N) is 2. The highest BCUT2D eigenvalue weighted by molar-refractivity contribution is 8.02. The Morgan fingerprint density at radius 2 is 2.08 bits per heavy atom. The summed E-state index contributed by atoms with van der Waals surface area (Å²) in [6, 6.07) is 13.7. The number of aromatic nitrogens is 1. The van der Waals surface area contributed by atoms with Crippen LogP contribution >= 0.6 is 11.8 Å². The number of fused-ring (bicyclic) bond motifs is 1. The number of nitriles is 1. The molecule has 1 N–H and O–H groups in total. The van der Waals surface area contributed by atoms with Crippen LogP contribution in [0.15, 0.2) is 47.0 Å². The maximum Gasteiger partial charge on any atom is 0.351 e. The second-order valence-electron chi connectivity index (χ2n) is 5.20. The number of rotatable bonds is 9. The van der Waals surface area contributed by atoms with E-state index in [-0.39, 0.29) is 12.2 Å². The monoisotopic (exact) mass is 371 g/mol. The third-order valence-electron chi connectivity index (χ3n) is 3.50. The zero-order valence-electron chi connectivity index (χ0n) is 14.8. The van der Waals surface area contributed by atoms with Gasteiger partial charge in [0.25, 0.3) is 0 Å². The van der Waals surface area contributed by atoms with Crippen LogP contribution in [0.1, 0.15) is 12.6 Å². The van der Waals surface area contributed by atoms with Crippen LogP contribution in [0.3, 0.4) is 0 Å². The topological polar surface area (TPSA) is 84.2 Å².